The van der Waals surface area contributed by atoms with Crippen LogP contribution >= 0.6 is 7.82 Å². The van der Waals surface area contributed by atoms with Crippen LogP contribution in [0.3, 0.4) is 0 Å². The normalized spacial score (nSPS) is 21.1. The molecule has 0 bridgehead atoms. The molecule has 1 aliphatic carbocycles. The highest BCUT2D eigenvalue weighted by Crippen LogP contribution is 2.47. The van der Waals surface area contributed by atoms with E-state index in [4.69, 9.17) is 9.05 Å². The van der Waals surface area contributed by atoms with Crippen LogP contribution in [0.25, 0.3) is 0 Å². The van der Waals surface area contributed by atoms with Crippen molar-refractivity contribution in [1.29, 1.82) is 0 Å². The van der Waals surface area contributed by atoms with Crippen molar-refractivity contribution in [2.24, 2.45) is 0 Å². The summed E-state index contributed by atoms with van der Waals surface area (Å²) in [5, 5.41) is 64.2. The highest BCUT2D eigenvalue weighted by Gasteiger charge is 2.51. The first-order valence-electron chi connectivity index (χ1n) is 30.6. The van der Waals surface area contributed by atoms with Crippen molar-refractivity contribution in [2.45, 2.75) is 352 Å². The Kier molecular flexibility index (Phi) is 46.5. The van der Waals surface area contributed by atoms with E-state index in [-0.39, 0.29) is 12.3 Å². The highest BCUT2D eigenvalue weighted by atomic mass is 31.2. The van der Waals surface area contributed by atoms with Gasteiger partial charge in [-0.1, -0.05) is 289 Å². The zero-order valence-electron chi connectivity index (χ0n) is 46.5. The van der Waals surface area contributed by atoms with Crippen LogP contribution in [0.4, 0.5) is 0 Å². The van der Waals surface area contributed by atoms with Crippen molar-refractivity contribution in [3.8, 4) is 0 Å². The summed E-state index contributed by atoms with van der Waals surface area (Å²) in [5.41, 5.74) is 0. The van der Waals surface area contributed by atoms with E-state index >= 15 is 0 Å². The van der Waals surface area contributed by atoms with Crippen LogP contribution in [-0.4, -0.2) is 96.8 Å². The lowest BCUT2D eigenvalue weighted by molar-refractivity contribution is -0.220. The maximum Gasteiger partial charge on any atom is 0.472 e. The summed E-state index contributed by atoms with van der Waals surface area (Å²) in [4.78, 5) is 23.5. The molecule has 0 radical (unpaired) electrons. The quantitative estimate of drug-likeness (QED) is 0.0163. The maximum absolute atomic E-state index is 13.0. The van der Waals surface area contributed by atoms with Crippen LogP contribution in [0, 0.1) is 0 Å². The van der Waals surface area contributed by atoms with Crippen LogP contribution in [0.1, 0.15) is 303 Å². The number of phosphoric acid groups is 1. The first-order valence-corrected chi connectivity index (χ1v) is 32.1. The fourth-order valence-electron chi connectivity index (χ4n) is 10.1. The Morgan fingerprint density at radius 2 is 0.736 bits per heavy atom. The molecule has 428 valence electrons. The molecule has 0 aromatic carbocycles. The molecular formula is C59H116NO11P. The van der Waals surface area contributed by atoms with Gasteiger partial charge in [-0.05, 0) is 19.3 Å². The third-order valence-electron chi connectivity index (χ3n) is 15.1. The van der Waals surface area contributed by atoms with Gasteiger partial charge in [0, 0.05) is 6.42 Å². The Bertz CT molecular complexity index is 1260. The average Bonchev–Trinajstić information content (AvgIpc) is 3.37. The number of rotatable bonds is 53. The number of carbonyl (C=O) groups excluding carboxylic acids is 1. The molecule has 0 aliphatic heterocycles. The van der Waals surface area contributed by atoms with Gasteiger partial charge in [0.2, 0.25) is 5.91 Å². The Labute approximate surface area is 441 Å². The predicted octanol–water partition coefficient (Wildman–Crippen LogP) is 14.3. The summed E-state index contributed by atoms with van der Waals surface area (Å²) >= 11 is 0. The van der Waals surface area contributed by atoms with Crippen molar-refractivity contribution in [3.63, 3.8) is 0 Å². The molecule has 1 amide bonds. The van der Waals surface area contributed by atoms with Crippen molar-refractivity contribution in [1.82, 2.24) is 5.32 Å². The van der Waals surface area contributed by atoms with Gasteiger partial charge in [0.25, 0.3) is 0 Å². The summed E-state index contributed by atoms with van der Waals surface area (Å²) < 4.78 is 23.0. The number of aliphatic hydroxyl groups excluding tert-OH is 6. The minimum Gasteiger partial charge on any atom is -0.387 e. The number of carbonyl (C=O) groups is 1. The Morgan fingerprint density at radius 3 is 1.06 bits per heavy atom. The summed E-state index contributed by atoms with van der Waals surface area (Å²) in [5.74, 6) is -0.335. The van der Waals surface area contributed by atoms with Crippen molar-refractivity contribution in [3.05, 3.63) is 12.2 Å². The summed E-state index contributed by atoms with van der Waals surface area (Å²) in [6.07, 6.45) is 47.7. The van der Waals surface area contributed by atoms with Gasteiger partial charge < -0.3 is 40.8 Å². The molecule has 6 unspecified atom stereocenters. The SMILES string of the molecule is CCCCCCCCCCC/C=C/[C@@H](O)[C@H](COP(=O)(O)OC1C(O)C(O)C(O)[C@@H](O)C1O)NC(=O)CCCCCCCCCCCCCCCCCCCCCCCCCCCCCCCCCCCC. The summed E-state index contributed by atoms with van der Waals surface area (Å²) in [7, 11) is -5.08. The lowest BCUT2D eigenvalue weighted by Gasteiger charge is -2.41. The van der Waals surface area contributed by atoms with E-state index in [1.165, 1.54) is 237 Å². The fraction of sp³-hybridized carbons (Fsp3) is 0.949. The van der Waals surface area contributed by atoms with Crippen LogP contribution in [-0.2, 0) is 18.4 Å². The Morgan fingerprint density at radius 1 is 0.458 bits per heavy atom. The van der Waals surface area contributed by atoms with Crippen molar-refractivity contribution in [2.75, 3.05) is 6.61 Å². The topological polar surface area (TPSA) is 206 Å². The lowest BCUT2D eigenvalue weighted by atomic mass is 9.85. The monoisotopic (exact) mass is 1050 g/mol. The highest BCUT2D eigenvalue weighted by molar-refractivity contribution is 7.47. The van der Waals surface area contributed by atoms with Gasteiger partial charge >= 0.3 is 7.82 Å². The van der Waals surface area contributed by atoms with Crippen LogP contribution in [0.5, 0.6) is 0 Å². The molecule has 0 aromatic heterocycles. The van der Waals surface area contributed by atoms with Gasteiger partial charge in [-0.15, -0.1) is 0 Å². The average molecular weight is 1050 g/mol. The smallest absolute Gasteiger partial charge is 0.387 e. The first kappa shape index (κ1) is 69.1. The third-order valence-corrected chi connectivity index (χ3v) is 16.1. The van der Waals surface area contributed by atoms with Gasteiger partial charge in [0.15, 0.2) is 0 Å². The number of unbranched alkanes of at least 4 members (excludes halogenated alkanes) is 42. The van der Waals surface area contributed by atoms with Crippen LogP contribution in [0.15, 0.2) is 12.2 Å². The number of aliphatic hydroxyl groups is 6. The van der Waals surface area contributed by atoms with Gasteiger partial charge in [0.05, 0.1) is 18.8 Å². The second kappa shape index (κ2) is 48.5. The van der Waals surface area contributed by atoms with Gasteiger partial charge in [0.1, 0.15) is 36.6 Å². The number of phosphoric ester groups is 1. The van der Waals surface area contributed by atoms with E-state index in [2.05, 4.69) is 19.2 Å². The summed E-state index contributed by atoms with van der Waals surface area (Å²) in [6.45, 7) is 3.86. The molecule has 0 saturated heterocycles. The van der Waals surface area contributed by atoms with Gasteiger partial charge in [-0.25, -0.2) is 4.57 Å². The third kappa shape index (κ3) is 38.6. The summed E-state index contributed by atoms with van der Waals surface area (Å²) in [6, 6.07) is -1.11. The number of hydrogen-bond acceptors (Lipinski definition) is 10. The molecule has 13 heteroatoms. The second-order valence-electron chi connectivity index (χ2n) is 21.9. The van der Waals surface area contributed by atoms with Gasteiger partial charge in [-0.3, -0.25) is 13.8 Å². The lowest BCUT2D eigenvalue weighted by Crippen LogP contribution is -2.64. The van der Waals surface area contributed by atoms with Crippen LogP contribution < -0.4 is 5.32 Å². The largest absolute Gasteiger partial charge is 0.472 e. The predicted molar refractivity (Wildman–Crippen MR) is 297 cm³/mol. The van der Waals surface area contributed by atoms with Crippen molar-refractivity contribution >= 4 is 13.7 Å². The fourth-order valence-corrected chi connectivity index (χ4v) is 11.1. The molecule has 1 rings (SSSR count). The maximum atomic E-state index is 13.0. The van der Waals surface area contributed by atoms with Crippen LogP contribution in [0.2, 0.25) is 0 Å². The zero-order chi connectivity index (χ0) is 52.8. The first-order chi connectivity index (χ1) is 34.9. The van der Waals surface area contributed by atoms with E-state index in [1.807, 2.05) is 6.08 Å². The molecule has 8 N–H and O–H groups in total. The molecule has 1 aliphatic rings. The van der Waals surface area contributed by atoms with Crippen molar-refractivity contribution < 1.29 is 53.9 Å². The minimum atomic E-state index is -5.08. The molecule has 72 heavy (non-hydrogen) atoms. The molecule has 1 fully saturated rings. The zero-order valence-corrected chi connectivity index (χ0v) is 47.4. The molecule has 12 nitrogen and oxygen atoms in total. The number of nitrogens with one attached hydrogen (secondary N) is 1. The molecule has 9 atom stereocenters. The molecular weight excluding hydrogens is 930 g/mol. The number of amides is 1. The molecule has 0 heterocycles. The second-order valence-corrected chi connectivity index (χ2v) is 23.3. The van der Waals surface area contributed by atoms with E-state index in [9.17, 15) is 44.9 Å². The van der Waals surface area contributed by atoms with E-state index in [0.717, 1.165) is 44.9 Å². The van der Waals surface area contributed by atoms with E-state index in [0.29, 0.717) is 6.42 Å². The molecule has 0 spiro atoms. The standard InChI is InChI=1S/C59H116NO11P/c1-3-5-7-9-11-13-15-16-17-18-19-20-21-22-23-24-25-26-27-28-29-30-31-32-33-34-35-36-37-39-41-43-45-47-49-53(62)60-51(52(61)48-46-44-42-40-38-14-12-10-8-6-4-2)50-70-72(68,69)71-59-57(66)55(64)54(63)56(65)58(59)67/h46,48,51-52,54-59,61,63-67H,3-45,47,49-50H2,1-2H3,(H,60,62)(H,68,69)/b48-46+/t51-,52+,54?,55+,56?,57?,58?,59?/m0/s1. The number of allylic oxidation sites excluding steroid dienone is 1. The molecule has 0 aromatic rings. The molecule has 1 saturated carbocycles. The van der Waals surface area contributed by atoms with Gasteiger partial charge in [-0.2, -0.15) is 0 Å². The van der Waals surface area contributed by atoms with E-state index in [1.54, 1.807) is 0 Å². The Balaban J connectivity index is 2.14. The Hall–Kier alpha value is -0.920. The minimum absolute atomic E-state index is 0.219. The number of hydrogen-bond donors (Lipinski definition) is 8. The van der Waals surface area contributed by atoms with E-state index < -0.39 is 63.2 Å².